The lowest BCUT2D eigenvalue weighted by Gasteiger charge is -2.23. The SMILES string of the molecule is COc1cccc([C@H]2CC(=O)Nc3ncnn32)c1. The summed E-state index contributed by atoms with van der Waals surface area (Å²) in [6.45, 7) is 0. The molecule has 1 atom stereocenters. The van der Waals surface area contributed by atoms with E-state index in [0.717, 1.165) is 11.3 Å². The third kappa shape index (κ3) is 1.71. The van der Waals surface area contributed by atoms with Crippen LogP contribution in [0, 0.1) is 0 Å². The van der Waals surface area contributed by atoms with Gasteiger partial charge in [0.1, 0.15) is 12.1 Å². The van der Waals surface area contributed by atoms with Crippen LogP contribution in [-0.2, 0) is 4.79 Å². The molecule has 1 aliphatic heterocycles. The number of amides is 1. The van der Waals surface area contributed by atoms with Crippen molar-refractivity contribution in [1.29, 1.82) is 0 Å². The van der Waals surface area contributed by atoms with E-state index in [-0.39, 0.29) is 11.9 Å². The molecule has 0 bridgehead atoms. The molecule has 92 valence electrons. The zero-order chi connectivity index (χ0) is 12.5. The summed E-state index contributed by atoms with van der Waals surface area (Å²) in [6, 6.07) is 7.50. The van der Waals surface area contributed by atoms with Gasteiger partial charge in [-0.25, -0.2) is 4.68 Å². The van der Waals surface area contributed by atoms with Crippen molar-refractivity contribution in [3.63, 3.8) is 0 Å². The maximum atomic E-state index is 11.6. The van der Waals surface area contributed by atoms with Gasteiger partial charge in [-0.1, -0.05) is 12.1 Å². The molecule has 0 aliphatic carbocycles. The Morgan fingerprint density at radius 3 is 3.22 bits per heavy atom. The van der Waals surface area contributed by atoms with Crippen LogP contribution in [-0.4, -0.2) is 27.8 Å². The topological polar surface area (TPSA) is 69.0 Å². The van der Waals surface area contributed by atoms with Crippen LogP contribution >= 0.6 is 0 Å². The van der Waals surface area contributed by atoms with Gasteiger partial charge >= 0.3 is 0 Å². The lowest BCUT2D eigenvalue weighted by Crippen LogP contribution is -2.29. The standard InChI is InChI=1S/C12H12N4O2/c1-18-9-4-2-3-8(5-9)10-6-11(17)15-12-13-7-14-16(10)12/h2-5,7,10H,6H2,1H3,(H,13,14,15,17)/t10-/m1/s1. The van der Waals surface area contributed by atoms with Crippen molar-refractivity contribution in [2.45, 2.75) is 12.5 Å². The second-order valence-corrected chi connectivity index (χ2v) is 4.07. The number of anilines is 1. The number of fused-ring (bicyclic) bond motifs is 1. The zero-order valence-electron chi connectivity index (χ0n) is 9.83. The summed E-state index contributed by atoms with van der Waals surface area (Å²) >= 11 is 0. The maximum Gasteiger partial charge on any atom is 0.229 e. The molecule has 1 N–H and O–H groups in total. The minimum absolute atomic E-state index is 0.0525. The largest absolute Gasteiger partial charge is 0.497 e. The van der Waals surface area contributed by atoms with Crippen molar-refractivity contribution in [2.75, 3.05) is 12.4 Å². The monoisotopic (exact) mass is 244 g/mol. The Morgan fingerprint density at radius 2 is 2.39 bits per heavy atom. The van der Waals surface area contributed by atoms with Gasteiger partial charge in [0, 0.05) is 0 Å². The first-order valence-electron chi connectivity index (χ1n) is 5.61. The zero-order valence-corrected chi connectivity index (χ0v) is 9.83. The number of carbonyl (C=O) groups is 1. The maximum absolute atomic E-state index is 11.6. The Morgan fingerprint density at radius 1 is 1.50 bits per heavy atom. The Bertz CT molecular complexity index is 593. The fourth-order valence-corrected chi connectivity index (χ4v) is 2.11. The molecule has 1 aromatic heterocycles. The highest BCUT2D eigenvalue weighted by molar-refractivity contribution is 5.91. The molecule has 1 amide bonds. The van der Waals surface area contributed by atoms with Crippen LogP contribution in [0.15, 0.2) is 30.6 Å². The minimum atomic E-state index is -0.133. The van der Waals surface area contributed by atoms with Gasteiger partial charge in [0.2, 0.25) is 11.9 Å². The summed E-state index contributed by atoms with van der Waals surface area (Å²) in [5, 5.41) is 6.84. The highest BCUT2D eigenvalue weighted by Gasteiger charge is 2.27. The molecule has 2 aromatic rings. The normalized spacial score (nSPS) is 18.1. The molecule has 0 fully saturated rings. The van der Waals surface area contributed by atoms with Crippen molar-refractivity contribution in [1.82, 2.24) is 14.8 Å². The van der Waals surface area contributed by atoms with E-state index in [9.17, 15) is 4.79 Å². The van der Waals surface area contributed by atoms with Gasteiger partial charge in [0.15, 0.2) is 0 Å². The fourth-order valence-electron chi connectivity index (χ4n) is 2.11. The highest BCUT2D eigenvalue weighted by Crippen LogP contribution is 2.29. The fraction of sp³-hybridized carbons (Fsp3) is 0.250. The van der Waals surface area contributed by atoms with E-state index in [4.69, 9.17) is 4.74 Å². The van der Waals surface area contributed by atoms with E-state index in [0.29, 0.717) is 12.4 Å². The van der Waals surface area contributed by atoms with Crippen LogP contribution in [0.25, 0.3) is 0 Å². The Hall–Kier alpha value is -2.37. The molecule has 1 aliphatic rings. The number of hydrogen-bond donors (Lipinski definition) is 1. The van der Waals surface area contributed by atoms with E-state index in [1.165, 1.54) is 6.33 Å². The molecule has 0 saturated carbocycles. The van der Waals surface area contributed by atoms with Crippen molar-refractivity contribution < 1.29 is 9.53 Å². The Balaban J connectivity index is 2.04. The van der Waals surface area contributed by atoms with Crippen molar-refractivity contribution >= 4 is 11.9 Å². The van der Waals surface area contributed by atoms with Gasteiger partial charge in [-0.15, -0.1) is 0 Å². The van der Waals surface area contributed by atoms with Gasteiger partial charge in [0.05, 0.1) is 19.6 Å². The highest BCUT2D eigenvalue weighted by atomic mass is 16.5. The number of nitrogens with zero attached hydrogens (tertiary/aromatic N) is 3. The summed E-state index contributed by atoms with van der Waals surface area (Å²) in [5.74, 6) is 1.20. The first-order chi connectivity index (χ1) is 8.78. The third-order valence-electron chi connectivity index (χ3n) is 2.98. The predicted molar refractivity (Wildman–Crippen MR) is 64.4 cm³/mol. The summed E-state index contributed by atoms with van der Waals surface area (Å²) in [6.07, 6.45) is 1.79. The second kappa shape index (κ2) is 4.14. The number of ether oxygens (including phenoxy) is 1. The molecule has 0 unspecified atom stereocenters. The molecule has 2 heterocycles. The van der Waals surface area contributed by atoms with Crippen LogP contribution < -0.4 is 10.1 Å². The minimum Gasteiger partial charge on any atom is -0.497 e. The molecular formula is C12H12N4O2. The summed E-state index contributed by atoms with van der Waals surface area (Å²) in [5.41, 5.74) is 0.982. The third-order valence-corrected chi connectivity index (χ3v) is 2.98. The van der Waals surface area contributed by atoms with Crippen molar-refractivity contribution in [2.24, 2.45) is 0 Å². The first kappa shape index (κ1) is 10.8. The van der Waals surface area contributed by atoms with Crippen LogP contribution in [0.4, 0.5) is 5.95 Å². The number of methoxy groups -OCH3 is 1. The average Bonchev–Trinajstić information content (AvgIpc) is 2.85. The van der Waals surface area contributed by atoms with Gasteiger partial charge in [-0.2, -0.15) is 10.1 Å². The van der Waals surface area contributed by atoms with Crippen LogP contribution in [0.2, 0.25) is 0 Å². The molecule has 0 saturated heterocycles. The Kier molecular flexibility index (Phi) is 2.47. The molecule has 0 radical (unpaired) electrons. The molecule has 6 nitrogen and oxygen atoms in total. The van der Waals surface area contributed by atoms with Crippen molar-refractivity contribution in [3.8, 4) is 5.75 Å². The quantitative estimate of drug-likeness (QED) is 0.862. The Labute approximate surface area is 104 Å². The van der Waals surface area contributed by atoms with Gasteiger partial charge in [0.25, 0.3) is 0 Å². The molecule has 1 aromatic carbocycles. The molecule has 18 heavy (non-hydrogen) atoms. The van der Waals surface area contributed by atoms with E-state index in [1.807, 2.05) is 24.3 Å². The van der Waals surface area contributed by atoms with E-state index in [1.54, 1.807) is 11.8 Å². The average molecular weight is 244 g/mol. The molecule has 0 spiro atoms. The van der Waals surface area contributed by atoms with Crippen molar-refractivity contribution in [3.05, 3.63) is 36.2 Å². The second-order valence-electron chi connectivity index (χ2n) is 4.07. The number of hydrogen-bond acceptors (Lipinski definition) is 4. The van der Waals surface area contributed by atoms with E-state index in [2.05, 4.69) is 15.4 Å². The first-order valence-corrected chi connectivity index (χ1v) is 5.61. The van der Waals surface area contributed by atoms with Gasteiger partial charge in [-0.3, -0.25) is 10.1 Å². The van der Waals surface area contributed by atoms with Gasteiger partial charge < -0.3 is 4.74 Å². The summed E-state index contributed by atoms with van der Waals surface area (Å²) in [4.78, 5) is 15.7. The molecule has 6 heteroatoms. The predicted octanol–water partition coefficient (Wildman–Crippen LogP) is 1.22. The lowest BCUT2D eigenvalue weighted by atomic mass is 10.0. The summed E-state index contributed by atoms with van der Waals surface area (Å²) < 4.78 is 6.91. The number of aromatic nitrogens is 3. The van der Waals surface area contributed by atoms with Crippen LogP contribution in [0.1, 0.15) is 18.0 Å². The molecule has 3 rings (SSSR count). The van der Waals surface area contributed by atoms with Crippen LogP contribution in [0.5, 0.6) is 5.75 Å². The smallest absolute Gasteiger partial charge is 0.229 e. The number of benzene rings is 1. The number of carbonyl (C=O) groups excluding carboxylic acids is 1. The van der Waals surface area contributed by atoms with E-state index >= 15 is 0 Å². The molecular weight excluding hydrogens is 232 g/mol. The number of nitrogens with one attached hydrogen (secondary N) is 1. The lowest BCUT2D eigenvalue weighted by molar-refractivity contribution is -0.117. The number of rotatable bonds is 2. The van der Waals surface area contributed by atoms with Crippen LogP contribution in [0.3, 0.4) is 0 Å². The van der Waals surface area contributed by atoms with E-state index < -0.39 is 0 Å². The summed E-state index contributed by atoms with van der Waals surface area (Å²) in [7, 11) is 1.62. The van der Waals surface area contributed by atoms with Gasteiger partial charge in [-0.05, 0) is 17.7 Å².